The average Bonchev–Trinajstić information content (AvgIpc) is 2.90. The van der Waals surface area contributed by atoms with E-state index in [4.69, 9.17) is 4.74 Å². The number of unbranched alkanes of at least 4 members (excludes halogenated alkanes) is 1. The molecule has 0 saturated heterocycles. The zero-order valence-corrected chi connectivity index (χ0v) is 23.1. The first-order valence-corrected chi connectivity index (χ1v) is 13.1. The van der Waals surface area contributed by atoms with E-state index in [1.165, 1.54) is 12.1 Å². The van der Waals surface area contributed by atoms with E-state index in [0.29, 0.717) is 17.7 Å². The summed E-state index contributed by atoms with van der Waals surface area (Å²) in [5, 5.41) is 2.55. The Morgan fingerprint density at radius 1 is 0.810 bits per heavy atom. The van der Waals surface area contributed by atoms with Crippen LogP contribution in [-0.2, 0) is 29.9 Å². The third-order valence-electron chi connectivity index (χ3n) is 5.99. The van der Waals surface area contributed by atoms with Gasteiger partial charge in [0.25, 0.3) is 0 Å². The van der Waals surface area contributed by atoms with Crippen LogP contribution < -0.4 is 5.32 Å². The molecule has 0 aliphatic carbocycles. The summed E-state index contributed by atoms with van der Waals surface area (Å²) in [4.78, 5) is 12.5. The zero-order valence-electron chi connectivity index (χ0n) is 21.5. The van der Waals surface area contributed by atoms with Crippen LogP contribution in [0.25, 0.3) is 6.08 Å². The van der Waals surface area contributed by atoms with Gasteiger partial charge in [0.05, 0.1) is 22.7 Å². The second-order valence-corrected chi connectivity index (χ2v) is 10.0. The first-order chi connectivity index (χ1) is 19.5. The molecule has 3 aromatic carbocycles. The Hall–Kier alpha value is -3.48. The smallest absolute Gasteiger partial charge is 0.416 e. The number of allylic oxidation sites excluding steroid dienone is 1. The van der Waals surface area contributed by atoms with Crippen molar-refractivity contribution in [3.8, 4) is 0 Å². The molecule has 0 bridgehead atoms. The molecular formula is C29H23BrF9NO2. The summed E-state index contributed by atoms with van der Waals surface area (Å²) in [6.07, 6.45) is -12.7. The van der Waals surface area contributed by atoms with Crippen LogP contribution in [0.1, 0.15) is 58.7 Å². The van der Waals surface area contributed by atoms with Crippen molar-refractivity contribution in [1.82, 2.24) is 5.32 Å². The van der Waals surface area contributed by atoms with Crippen molar-refractivity contribution in [1.29, 1.82) is 0 Å². The summed E-state index contributed by atoms with van der Waals surface area (Å²) in [5.74, 6) is 0. The van der Waals surface area contributed by atoms with E-state index in [1.54, 1.807) is 30.3 Å². The number of hydrogen-bond acceptors (Lipinski definition) is 2. The van der Waals surface area contributed by atoms with E-state index in [2.05, 4.69) is 21.2 Å². The Bertz CT molecular complexity index is 1350. The zero-order chi connectivity index (χ0) is 31.1. The Kier molecular flexibility index (Phi) is 10.7. The van der Waals surface area contributed by atoms with Gasteiger partial charge in [-0.25, -0.2) is 4.79 Å². The fourth-order valence-corrected chi connectivity index (χ4v) is 4.46. The highest BCUT2D eigenvalue weighted by Crippen LogP contribution is 2.37. The van der Waals surface area contributed by atoms with Crippen LogP contribution in [0.4, 0.5) is 44.3 Å². The van der Waals surface area contributed by atoms with Crippen LogP contribution >= 0.6 is 15.9 Å². The van der Waals surface area contributed by atoms with Gasteiger partial charge in [-0.3, -0.25) is 0 Å². The second kappa shape index (κ2) is 13.7. The minimum Gasteiger partial charge on any atom is -0.445 e. The van der Waals surface area contributed by atoms with Gasteiger partial charge in [-0.15, -0.1) is 0 Å². The predicted molar refractivity (Wildman–Crippen MR) is 141 cm³/mol. The van der Waals surface area contributed by atoms with Crippen molar-refractivity contribution in [2.24, 2.45) is 0 Å². The van der Waals surface area contributed by atoms with E-state index in [1.807, 2.05) is 0 Å². The van der Waals surface area contributed by atoms with E-state index in [0.717, 1.165) is 18.2 Å². The van der Waals surface area contributed by atoms with Crippen molar-refractivity contribution in [3.63, 3.8) is 0 Å². The molecule has 0 aromatic heterocycles. The number of rotatable bonds is 9. The maximum absolute atomic E-state index is 13.4. The summed E-state index contributed by atoms with van der Waals surface area (Å²) in [6.45, 7) is -0.0944. The lowest BCUT2D eigenvalue weighted by Gasteiger charge is -2.21. The van der Waals surface area contributed by atoms with Gasteiger partial charge >= 0.3 is 24.6 Å². The molecule has 42 heavy (non-hydrogen) atoms. The predicted octanol–water partition coefficient (Wildman–Crippen LogP) is 10.4. The first kappa shape index (κ1) is 33.0. The van der Waals surface area contributed by atoms with Crippen molar-refractivity contribution < 1.29 is 49.0 Å². The largest absolute Gasteiger partial charge is 0.445 e. The van der Waals surface area contributed by atoms with E-state index < -0.39 is 47.4 Å². The molecule has 3 aromatic rings. The quantitative estimate of drug-likeness (QED) is 0.182. The molecule has 0 unspecified atom stereocenters. The normalized spacial score (nSPS) is 13.3. The molecule has 0 radical (unpaired) electrons. The maximum Gasteiger partial charge on any atom is 0.416 e. The molecule has 0 saturated carbocycles. The number of alkyl halides is 9. The molecule has 0 aliphatic rings. The first-order valence-electron chi connectivity index (χ1n) is 12.3. The number of carbonyl (C=O) groups is 1. The summed E-state index contributed by atoms with van der Waals surface area (Å²) in [5.41, 5.74) is -3.39. The standard InChI is InChI=1S/C29H23BrF9NO2/c30-24-12-11-20(27(31,32)33)16-23(24)25(40-26(41)42-17-18-7-3-1-4-8-18)10-6-2-5-9-19-13-21(28(34,35)36)15-22(14-19)29(37,38)39/h1,3-5,7-9,11-16,25H,2,6,10,17H2,(H,40,41)/b9-5+/t25-/m1/s1. The van der Waals surface area contributed by atoms with Crippen molar-refractivity contribution in [2.75, 3.05) is 0 Å². The number of halogens is 10. The minimum absolute atomic E-state index is 0.0252. The Balaban J connectivity index is 1.76. The van der Waals surface area contributed by atoms with Gasteiger partial charge in [0.2, 0.25) is 0 Å². The topological polar surface area (TPSA) is 38.3 Å². The molecule has 1 atom stereocenters. The molecule has 13 heteroatoms. The fraction of sp³-hybridized carbons (Fsp3) is 0.276. The lowest BCUT2D eigenvalue weighted by Crippen LogP contribution is -2.29. The monoisotopic (exact) mass is 667 g/mol. The molecule has 1 amide bonds. The van der Waals surface area contributed by atoms with Crippen LogP contribution in [0.15, 0.2) is 77.3 Å². The fourth-order valence-electron chi connectivity index (χ4n) is 3.93. The molecule has 0 fully saturated rings. The van der Waals surface area contributed by atoms with Gasteiger partial charge in [-0.1, -0.05) is 58.4 Å². The molecule has 0 aliphatic heterocycles. The highest BCUT2D eigenvalue weighted by Gasteiger charge is 2.36. The van der Waals surface area contributed by atoms with Crippen molar-refractivity contribution >= 4 is 28.1 Å². The van der Waals surface area contributed by atoms with Gasteiger partial charge in [-0.05, 0) is 72.4 Å². The number of hydrogen-bond donors (Lipinski definition) is 1. The summed E-state index contributed by atoms with van der Waals surface area (Å²) in [6, 6.07) is 11.8. The molecule has 0 spiro atoms. The summed E-state index contributed by atoms with van der Waals surface area (Å²) >= 11 is 3.20. The number of alkyl carbamates (subject to hydrolysis) is 1. The molecular weight excluding hydrogens is 645 g/mol. The van der Waals surface area contributed by atoms with E-state index >= 15 is 0 Å². The van der Waals surface area contributed by atoms with Crippen LogP contribution in [0, 0.1) is 0 Å². The molecule has 226 valence electrons. The molecule has 3 rings (SSSR count). The highest BCUT2D eigenvalue weighted by atomic mass is 79.9. The van der Waals surface area contributed by atoms with Gasteiger partial charge in [-0.2, -0.15) is 39.5 Å². The SMILES string of the molecule is O=C(N[C@H](CCC/C=C/c1cc(C(F)(F)F)cc(C(F)(F)F)c1)c1cc(C(F)(F)F)ccc1Br)OCc1ccccc1. The van der Waals surface area contributed by atoms with Crippen molar-refractivity contribution in [2.45, 2.75) is 50.4 Å². The number of benzene rings is 3. The third kappa shape index (κ3) is 9.81. The molecule has 0 heterocycles. The number of ether oxygens (including phenoxy) is 1. The van der Waals surface area contributed by atoms with Gasteiger partial charge in [0, 0.05) is 4.47 Å². The van der Waals surface area contributed by atoms with Crippen LogP contribution in [0.3, 0.4) is 0 Å². The Morgan fingerprint density at radius 3 is 1.98 bits per heavy atom. The number of amides is 1. The summed E-state index contributed by atoms with van der Waals surface area (Å²) in [7, 11) is 0. The van der Waals surface area contributed by atoms with Crippen LogP contribution in [0.5, 0.6) is 0 Å². The van der Waals surface area contributed by atoms with Gasteiger partial charge in [0.15, 0.2) is 0 Å². The van der Waals surface area contributed by atoms with Gasteiger partial charge < -0.3 is 10.1 Å². The molecule has 1 N–H and O–H groups in total. The lowest BCUT2D eigenvalue weighted by atomic mass is 9.98. The Morgan fingerprint density at radius 2 is 1.40 bits per heavy atom. The average molecular weight is 668 g/mol. The molecule has 3 nitrogen and oxygen atoms in total. The van der Waals surface area contributed by atoms with Crippen LogP contribution in [0.2, 0.25) is 0 Å². The maximum atomic E-state index is 13.4. The number of carbonyl (C=O) groups excluding carboxylic acids is 1. The van der Waals surface area contributed by atoms with Crippen molar-refractivity contribution in [3.05, 3.63) is 111 Å². The third-order valence-corrected chi connectivity index (χ3v) is 6.71. The van der Waals surface area contributed by atoms with Gasteiger partial charge in [0.1, 0.15) is 6.61 Å². The highest BCUT2D eigenvalue weighted by molar-refractivity contribution is 9.10. The minimum atomic E-state index is -4.99. The second-order valence-electron chi connectivity index (χ2n) is 9.17. The number of nitrogens with one attached hydrogen (secondary N) is 1. The van der Waals surface area contributed by atoms with Crippen LogP contribution in [-0.4, -0.2) is 6.09 Å². The Labute approximate surface area is 243 Å². The van der Waals surface area contributed by atoms with E-state index in [9.17, 15) is 44.3 Å². The van der Waals surface area contributed by atoms with E-state index in [-0.39, 0.29) is 47.5 Å². The lowest BCUT2D eigenvalue weighted by molar-refractivity contribution is -0.143. The summed E-state index contributed by atoms with van der Waals surface area (Å²) < 4.78 is 124.